The minimum absolute atomic E-state index is 0.203. The van der Waals surface area contributed by atoms with E-state index >= 15 is 0 Å². The molecule has 0 bridgehead atoms. The number of nitrogens with one attached hydrogen (secondary N) is 1. The molecule has 1 aliphatic rings. The molecule has 5 heteroatoms. The number of hydrogen-bond acceptors (Lipinski definition) is 4. The van der Waals surface area contributed by atoms with Gasteiger partial charge in [0.2, 0.25) is 0 Å². The monoisotopic (exact) mass is 316 g/mol. The van der Waals surface area contributed by atoms with Crippen molar-refractivity contribution in [2.75, 3.05) is 11.9 Å². The third-order valence-electron chi connectivity index (χ3n) is 3.80. The number of halogens is 1. The second-order valence-corrected chi connectivity index (χ2v) is 5.62. The van der Waals surface area contributed by atoms with Crippen LogP contribution in [0.2, 0.25) is 5.02 Å². The Balaban J connectivity index is 1.78. The SMILES string of the molecule is CCOC(=O)c1cnc(NC2CCc3ccccc32)c(Cl)c1. The van der Waals surface area contributed by atoms with Gasteiger partial charge < -0.3 is 10.1 Å². The molecule has 4 nitrogen and oxygen atoms in total. The highest BCUT2D eigenvalue weighted by molar-refractivity contribution is 6.33. The lowest BCUT2D eigenvalue weighted by Crippen LogP contribution is -2.10. The van der Waals surface area contributed by atoms with Crippen molar-refractivity contribution in [3.05, 3.63) is 58.2 Å². The van der Waals surface area contributed by atoms with Crippen molar-refractivity contribution in [3.8, 4) is 0 Å². The van der Waals surface area contributed by atoms with E-state index in [-0.39, 0.29) is 6.04 Å². The van der Waals surface area contributed by atoms with Gasteiger partial charge in [-0.05, 0) is 37.0 Å². The maximum atomic E-state index is 11.7. The molecule has 2 aromatic rings. The number of fused-ring (bicyclic) bond motifs is 1. The molecule has 0 fully saturated rings. The van der Waals surface area contributed by atoms with Crippen molar-refractivity contribution in [3.63, 3.8) is 0 Å². The third-order valence-corrected chi connectivity index (χ3v) is 4.08. The van der Waals surface area contributed by atoms with Gasteiger partial charge >= 0.3 is 5.97 Å². The molecule has 1 aromatic carbocycles. The Morgan fingerprint density at radius 1 is 1.45 bits per heavy atom. The Morgan fingerprint density at radius 3 is 3.05 bits per heavy atom. The van der Waals surface area contributed by atoms with E-state index < -0.39 is 5.97 Å². The summed E-state index contributed by atoms with van der Waals surface area (Å²) in [5, 5.41) is 3.79. The van der Waals surface area contributed by atoms with Crippen LogP contribution in [0.15, 0.2) is 36.5 Å². The molecule has 1 heterocycles. The van der Waals surface area contributed by atoms with Crippen molar-refractivity contribution in [2.45, 2.75) is 25.8 Å². The Kier molecular flexibility index (Phi) is 4.29. The number of carbonyl (C=O) groups is 1. The number of benzene rings is 1. The van der Waals surface area contributed by atoms with E-state index in [0.29, 0.717) is 23.0 Å². The summed E-state index contributed by atoms with van der Waals surface area (Å²) in [6.45, 7) is 2.09. The Bertz CT molecular complexity index is 703. The highest BCUT2D eigenvalue weighted by atomic mass is 35.5. The second-order valence-electron chi connectivity index (χ2n) is 5.21. The first-order valence-corrected chi connectivity index (χ1v) is 7.74. The predicted molar refractivity (Wildman–Crippen MR) is 86.3 cm³/mol. The molecule has 114 valence electrons. The van der Waals surface area contributed by atoms with Crippen molar-refractivity contribution in [1.29, 1.82) is 0 Å². The van der Waals surface area contributed by atoms with E-state index in [1.807, 2.05) is 6.07 Å². The van der Waals surface area contributed by atoms with E-state index in [4.69, 9.17) is 16.3 Å². The molecule has 0 radical (unpaired) electrons. The third kappa shape index (κ3) is 2.92. The normalized spacial score (nSPS) is 16.2. The zero-order valence-electron chi connectivity index (χ0n) is 12.3. The van der Waals surface area contributed by atoms with Crippen LogP contribution < -0.4 is 5.32 Å². The molecule has 1 atom stereocenters. The molecule has 1 aliphatic carbocycles. The highest BCUT2D eigenvalue weighted by Crippen LogP contribution is 2.34. The van der Waals surface area contributed by atoms with E-state index in [9.17, 15) is 4.79 Å². The molecule has 0 aliphatic heterocycles. The van der Waals surface area contributed by atoms with Gasteiger partial charge in [0.15, 0.2) is 0 Å². The van der Waals surface area contributed by atoms with Crippen LogP contribution >= 0.6 is 11.6 Å². The summed E-state index contributed by atoms with van der Waals surface area (Å²) in [6.07, 6.45) is 3.55. The quantitative estimate of drug-likeness (QED) is 0.866. The zero-order valence-corrected chi connectivity index (χ0v) is 13.1. The molecule has 0 amide bonds. The van der Waals surface area contributed by atoms with Crippen LogP contribution in [0.1, 0.15) is 40.9 Å². The lowest BCUT2D eigenvalue weighted by molar-refractivity contribution is 0.0526. The van der Waals surface area contributed by atoms with Crippen molar-refractivity contribution in [1.82, 2.24) is 4.98 Å². The van der Waals surface area contributed by atoms with Gasteiger partial charge in [-0.15, -0.1) is 0 Å². The summed E-state index contributed by atoms with van der Waals surface area (Å²) >= 11 is 6.25. The van der Waals surface area contributed by atoms with Gasteiger partial charge in [-0.1, -0.05) is 35.9 Å². The number of aryl methyl sites for hydroxylation is 1. The maximum Gasteiger partial charge on any atom is 0.339 e. The molecule has 0 saturated heterocycles. The van der Waals surface area contributed by atoms with Crippen molar-refractivity contribution < 1.29 is 9.53 Å². The Morgan fingerprint density at radius 2 is 2.27 bits per heavy atom. The fraction of sp³-hybridized carbons (Fsp3) is 0.294. The Labute approximate surface area is 134 Å². The zero-order chi connectivity index (χ0) is 15.5. The molecule has 22 heavy (non-hydrogen) atoms. The molecule has 0 spiro atoms. The summed E-state index contributed by atoms with van der Waals surface area (Å²) in [7, 11) is 0. The number of hydrogen-bond donors (Lipinski definition) is 1. The number of pyridine rings is 1. The molecule has 0 saturated carbocycles. The predicted octanol–water partition coefficient (Wildman–Crippen LogP) is 4.01. The molecular formula is C17H17ClN2O2. The smallest absolute Gasteiger partial charge is 0.339 e. The second kappa shape index (κ2) is 6.36. The van der Waals surface area contributed by atoms with Crippen LogP contribution in [0.25, 0.3) is 0 Å². The number of ether oxygens (including phenoxy) is 1. The van der Waals surface area contributed by atoms with Gasteiger partial charge in [-0.3, -0.25) is 0 Å². The largest absolute Gasteiger partial charge is 0.462 e. The minimum atomic E-state index is -0.408. The fourth-order valence-corrected chi connectivity index (χ4v) is 2.96. The van der Waals surface area contributed by atoms with Crippen LogP contribution in [-0.4, -0.2) is 17.6 Å². The van der Waals surface area contributed by atoms with Gasteiger partial charge in [0.1, 0.15) is 5.82 Å². The summed E-state index contributed by atoms with van der Waals surface area (Å²) in [6, 6.07) is 10.2. The van der Waals surface area contributed by atoms with Gasteiger partial charge in [0, 0.05) is 6.20 Å². The van der Waals surface area contributed by atoms with Gasteiger partial charge in [0.05, 0.1) is 23.2 Å². The van der Waals surface area contributed by atoms with Crippen molar-refractivity contribution in [2.24, 2.45) is 0 Å². The van der Waals surface area contributed by atoms with Gasteiger partial charge in [-0.25, -0.2) is 9.78 Å². The number of anilines is 1. The number of aromatic nitrogens is 1. The number of rotatable bonds is 4. The molecule has 1 unspecified atom stereocenters. The first kappa shape index (κ1) is 14.9. The maximum absolute atomic E-state index is 11.7. The van der Waals surface area contributed by atoms with Gasteiger partial charge in [0.25, 0.3) is 0 Å². The van der Waals surface area contributed by atoms with Crippen LogP contribution in [0.4, 0.5) is 5.82 Å². The van der Waals surface area contributed by atoms with E-state index in [1.54, 1.807) is 13.0 Å². The average molecular weight is 317 g/mol. The van der Waals surface area contributed by atoms with Crippen LogP contribution in [0.5, 0.6) is 0 Å². The lowest BCUT2D eigenvalue weighted by atomic mass is 10.1. The van der Waals surface area contributed by atoms with E-state index in [1.165, 1.54) is 17.3 Å². The first-order chi connectivity index (χ1) is 10.7. The van der Waals surface area contributed by atoms with E-state index in [2.05, 4.69) is 28.5 Å². The summed E-state index contributed by atoms with van der Waals surface area (Å²) in [5.74, 6) is 0.186. The highest BCUT2D eigenvalue weighted by Gasteiger charge is 2.23. The molecule has 1 N–H and O–H groups in total. The van der Waals surface area contributed by atoms with Gasteiger partial charge in [-0.2, -0.15) is 0 Å². The van der Waals surface area contributed by atoms with Crippen LogP contribution in [-0.2, 0) is 11.2 Å². The topological polar surface area (TPSA) is 51.2 Å². The minimum Gasteiger partial charge on any atom is -0.462 e. The van der Waals surface area contributed by atoms with E-state index in [0.717, 1.165) is 12.8 Å². The van der Waals surface area contributed by atoms with Crippen molar-refractivity contribution >= 4 is 23.4 Å². The summed E-state index contributed by atoms with van der Waals surface area (Å²) in [5.41, 5.74) is 3.01. The fourth-order valence-electron chi connectivity index (χ4n) is 2.74. The molecular weight excluding hydrogens is 300 g/mol. The number of carbonyl (C=O) groups excluding carboxylic acids is 1. The average Bonchev–Trinajstić information content (AvgIpc) is 2.93. The van der Waals surface area contributed by atoms with Crippen LogP contribution in [0.3, 0.4) is 0 Å². The first-order valence-electron chi connectivity index (χ1n) is 7.36. The molecule has 1 aromatic heterocycles. The lowest BCUT2D eigenvalue weighted by Gasteiger charge is -2.16. The standard InChI is InChI=1S/C17H17ClN2O2/c1-2-22-17(21)12-9-14(18)16(19-10-12)20-15-8-7-11-5-3-4-6-13(11)15/h3-6,9-10,15H,2,7-8H2,1H3,(H,19,20). The Hall–Kier alpha value is -2.07. The summed E-state index contributed by atoms with van der Waals surface area (Å²) < 4.78 is 4.94. The number of nitrogens with zero attached hydrogens (tertiary/aromatic N) is 1. The van der Waals surface area contributed by atoms with Crippen LogP contribution in [0, 0.1) is 0 Å². The number of esters is 1. The summed E-state index contributed by atoms with van der Waals surface area (Å²) in [4.78, 5) is 15.9. The molecule has 3 rings (SSSR count).